The number of likely N-dealkylation sites (tertiary alicyclic amines) is 1. The summed E-state index contributed by atoms with van der Waals surface area (Å²) in [7, 11) is 0. The molecule has 1 aliphatic heterocycles. The fraction of sp³-hybridized carbons (Fsp3) is 0.486. The van der Waals surface area contributed by atoms with E-state index in [0.29, 0.717) is 6.54 Å². The average Bonchev–Trinajstić information content (AvgIpc) is 3.44. The van der Waals surface area contributed by atoms with Crippen LogP contribution in [0.15, 0.2) is 60.0 Å². The molecule has 4 nitrogen and oxygen atoms in total. The van der Waals surface area contributed by atoms with Crippen LogP contribution < -0.4 is 0 Å². The van der Waals surface area contributed by atoms with E-state index in [1.807, 2.05) is 24.3 Å². The highest BCUT2D eigenvalue weighted by Crippen LogP contribution is 2.27. The van der Waals surface area contributed by atoms with E-state index in [9.17, 15) is 9.59 Å². The van der Waals surface area contributed by atoms with Crippen LogP contribution >= 0.6 is 11.3 Å². The molecule has 0 atom stereocenters. The highest BCUT2D eigenvalue weighted by atomic mass is 32.1. The quantitative estimate of drug-likeness (QED) is 0.156. The van der Waals surface area contributed by atoms with Crippen molar-refractivity contribution in [2.24, 2.45) is 5.92 Å². The number of Topliss-reactive ketones (excluding diaryl/α,β-unsaturated/α-hetero) is 1. The summed E-state index contributed by atoms with van der Waals surface area (Å²) < 4.78 is 0. The lowest BCUT2D eigenvalue weighted by Gasteiger charge is -2.38. The van der Waals surface area contributed by atoms with Gasteiger partial charge in [-0.05, 0) is 85.2 Å². The van der Waals surface area contributed by atoms with Crippen molar-refractivity contribution in [1.29, 1.82) is 0 Å². The third-order valence-electron chi connectivity index (χ3n) is 8.15. The maximum absolute atomic E-state index is 14.0. The number of piperidine rings is 1. The second kappa shape index (κ2) is 14.7. The van der Waals surface area contributed by atoms with Gasteiger partial charge in [0.05, 0.1) is 4.88 Å². The molecular weight excluding hydrogens is 512 g/mol. The van der Waals surface area contributed by atoms with Gasteiger partial charge in [-0.2, -0.15) is 0 Å². The topological polar surface area (TPSA) is 40.6 Å². The zero-order chi connectivity index (χ0) is 28.5. The molecule has 214 valence electrons. The highest BCUT2D eigenvalue weighted by molar-refractivity contribution is 7.12. The summed E-state index contributed by atoms with van der Waals surface area (Å²) in [4.78, 5) is 31.2. The van der Waals surface area contributed by atoms with Gasteiger partial charge in [0.15, 0.2) is 5.78 Å². The Morgan fingerprint density at radius 2 is 1.60 bits per heavy atom. The first-order valence-corrected chi connectivity index (χ1v) is 16.0. The van der Waals surface area contributed by atoms with Gasteiger partial charge in [0.25, 0.3) is 5.91 Å². The standard InChI is InChI=1S/C35H46N2O2S/c1-5-6-7-8-29-23-34(40-25-29)35(39)37(33-18-21-36(22-19-33)20-17-26(2)3)24-28-9-11-31(12-10-28)32-15-13-30(14-16-32)27(4)38/h9-16,23,25-26,33H,5-8,17-22,24H2,1-4H3. The first kappa shape index (κ1) is 30.2. The Balaban J connectivity index is 1.48. The van der Waals surface area contributed by atoms with Crippen molar-refractivity contribution in [3.63, 3.8) is 0 Å². The van der Waals surface area contributed by atoms with Gasteiger partial charge in [-0.25, -0.2) is 0 Å². The molecule has 0 radical (unpaired) electrons. The summed E-state index contributed by atoms with van der Waals surface area (Å²) in [5.74, 6) is 0.976. The largest absolute Gasteiger partial charge is 0.331 e. The predicted octanol–water partition coefficient (Wildman–Crippen LogP) is 8.50. The van der Waals surface area contributed by atoms with Gasteiger partial charge in [0.1, 0.15) is 0 Å². The summed E-state index contributed by atoms with van der Waals surface area (Å²) >= 11 is 1.61. The van der Waals surface area contributed by atoms with Gasteiger partial charge in [0, 0.05) is 31.2 Å². The Labute approximate surface area is 245 Å². The number of thiophene rings is 1. The maximum atomic E-state index is 14.0. The molecular formula is C35H46N2O2S. The van der Waals surface area contributed by atoms with Crippen molar-refractivity contribution in [2.45, 2.75) is 85.2 Å². The summed E-state index contributed by atoms with van der Waals surface area (Å²) in [6, 6.07) is 18.7. The SMILES string of the molecule is CCCCCc1csc(C(=O)N(Cc2ccc(-c3ccc(C(C)=O)cc3)cc2)C2CCN(CCC(C)C)CC2)c1. The van der Waals surface area contributed by atoms with Gasteiger partial charge < -0.3 is 9.80 Å². The van der Waals surface area contributed by atoms with Crippen LogP contribution in [0.25, 0.3) is 11.1 Å². The summed E-state index contributed by atoms with van der Waals surface area (Å²) in [6.07, 6.45) is 7.97. The molecule has 40 heavy (non-hydrogen) atoms. The van der Waals surface area contributed by atoms with Crippen LogP contribution in [-0.2, 0) is 13.0 Å². The summed E-state index contributed by atoms with van der Waals surface area (Å²) in [5.41, 5.74) is 5.38. The molecule has 0 spiro atoms. The molecule has 1 fully saturated rings. The van der Waals surface area contributed by atoms with E-state index >= 15 is 0 Å². The molecule has 4 rings (SSSR count). The molecule has 5 heteroatoms. The Bertz CT molecular complexity index is 1220. The van der Waals surface area contributed by atoms with Gasteiger partial charge in [0.2, 0.25) is 0 Å². The zero-order valence-corrected chi connectivity index (χ0v) is 25.6. The Morgan fingerprint density at radius 1 is 0.950 bits per heavy atom. The lowest BCUT2D eigenvalue weighted by Crippen LogP contribution is -2.47. The number of hydrogen-bond acceptors (Lipinski definition) is 4. The maximum Gasteiger partial charge on any atom is 0.264 e. The fourth-order valence-electron chi connectivity index (χ4n) is 5.50. The van der Waals surface area contributed by atoms with Crippen molar-refractivity contribution in [2.75, 3.05) is 19.6 Å². The Kier molecular flexibility index (Phi) is 11.1. The van der Waals surface area contributed by atoms with Crippen LogP contribution in [-0.4, -0.2) is 47.2 Å². The number of nitrogens with zero attached hydrogens (tertiary/aromatic N) is 2. The number of carbonyl (C=O) groups is 2. The average molecular weight is 559 g/mol. The van der Waals surface area contributed by atoms with Crippen LogP contribution in [0.5, 0.6) is 0 Å². The number of hydrogen-bond donors (Lipinski definition) is 0. The minimum absolute atomic E-state index is 0.0798. The Morgan fingerprint density at radius 3 is 2.20 bits per heavy atom. The summed E-state index contributed by atoms with van der Waals surface area (Å²) in [5, 5.41) is 2.18. The van der Waals surface area contributed by atoms with Crippen LogP contribution in [0.4, 0.5) is 0 Å². The monoisotopic (exact) mass is 558 g/mol. The normalized spacial score (nSPS) is 14.5. The van der Waals surface area contributed by atoms with Gasteiger partial charge in [-0.3, -0.25) is 9.59 Å². The lowest BCUT2D eigenvalue weighted by atomic mass is 9.99. The number of aryl methyl sites for hydroxylation is 1. The van der Waals surface area contributed by atoms with Crippen LogP contribution in [0.1, 0.15) is 97.4 Å². The number of ketones is 1. The molecule has 0 N–H and O–H groups in total. The first-order chi connectivity index (χ1) is 19.3. The van der Waals surface area contributed by atoms with Crippen molar-refractivity contribution in [3.8, 4) is 11.1 Å². The van der Waals surface area contributed by atoms with Gasteiger partial charge >= 0.3 is 0 Å². The molecule has 0 aliphatic carbocycles. The van der Waals surface area contributed by atoms with E-state index < -0.39 is 0 Å². The fourth-order valence-corrected chi connectivity index (χ4v) is 6.40. The molecule has 0 unspecified atom stereocenters. The smallest absolute Gasteiger partial charge is 0.264 e. The van der Waals surface area contributed by atoms with Crippen LogP contribution in [0.3, 0.4) is 0 Å². The molecule has 0 bridgehead atoms. The van der Waals surface area contributed by atoms with E-state index in [1.165, 1.54) is 31.2 Å². The van der Waals surface area contributed by atoms with E-state index in [4.69, 9.17) is 0 Å². The molecule has 2 heterocycles. The van der Waals surface area contributed by atoms with Gasteiger partial charge in [-0.15, -0.1) is 11.3 Å². The molecule has 1 aromatic heterocycles. The van der Waals surface area contributed by atoms with E-state index in [0.717, 1.165) is 71.9 Å². The van der Waals surface area contributed by atoms with E-state index in [-0.39, 0.29) is 17.7 Å². The lowest BCUT2D eigenvalue weighted by molar-refractivity contribution is 0.0551. The Hall–Kier alpha value is -2.76. The van der Waals surface area contributed by atoms with Crippen LogP contribution in [0, 0.1) is 5.92 Å². The minimum Gasteiger partial charge on any atom is -0.331 e. The second-order valence-electron chi connectivity index (χ2n) is 11.8. The number of unbranched alkanes of at least 4 members (excludes halogenated alkanes) is 2. The minimum atomic E-state index is 0.0798. The number of rotatable bonds is 13. The van der Waals surface area contributed by atoms with Crippen molar-refractivity contribution >= 4 is 23.0 Å². The zero-order valence-electron chi connectivity index (χ0n) is 24.8. The third kappa shape index (κ3) is 8.37. The molecule has 1 amide bonds. The second-order valence-corrected chi connectivity index (χ2v) is 12.7. The number of amides is 1. The number of benzene rings is 2. The van der Waals surface area contributed by atoms with Crippen molar-refractivity contribution < 1.29 is 9.59 Å². The third-order valence-corrected chi connectivity index (χ3v) is 9.11. The molecule has 3 aromatic rings. The van der Waals surface area contributed by atoms with Crippen molar-refractivity contribution in [3.05, 3.63) is 81.5 Å². The van der Waals surface area contributed by atoms with E-state index in [2.05, 4.69) is 66.3 Å². The molecule has 1 saturated heterocycles. The van der Waals surface area contributed by atoms with E-state index in [1.54, 1.807) is 18.3 Å². The molecule has 2 aromatic carbocycles. The van der Waals surface area contributed by atoms with Gasteiger partial charge in [-0.1, -0.05) is 82.1 Å². The molecule has 1 aliphatic rings. The summed E-state index contributed by atoms with van der Waals surface area (Å²) in [6.45, 7) is 12.3. The number of carbonyl (C=O) groups excluding carboxylic acids is 2. The first-order valence-electron chi connectivity index (χ1n) is 15.1. The predicted molar refractivity (Wildman–Crippen MR) is 168 cm³/mol. The van der Waals surface area contributed by atoms with Crippen LogP contribution in [0.2, 0.25) is 0 Å². The molecule has 0 saturated carbocycles. The van der Waals surface area contributed by atoms with Crippen molar-refractivity contribution in [1.82, 2.24) is 9.80 Å². The highest BCUT2D eigenvalue weighted by Gasteiger charge is 2.29.